The molecule has 15 heavy (non-hydrogen) atoms. The molecule has 2 aliphatic rings. The molecule has 2 aliphatic heterocycles. The van der Waals surface area contributed by atoms with Gasteiger partial charge < -0.3 is 10.1 Å². The highest BCUT2D eigenvalue weighted by Gasteiger charge is 2.17. The molecule has 0 aromatic heterocycles. The van der Waals surface area contributed by atoms with Crippen molar-refractivity contribution in [2.24, 2.45) is 5.92 Å². The van der Waals surface area contributed by atoms with E-state index >= 15 is 0 Å². The van der Waals surface area contributed by atoms with E-state index < -0.39 is 0 Å². The molecule has 0 spiro atoms. The van der Waals surface area contributed by atoms with Crippen LogP contribution in [0.3, 0.4) is 0 Å². The van der Waals surface area contributed by atoms with Crippen molar-refractivity contribution in [2.75, 3.05) is 26.7 Å². The van der Waals surface area contributed by atoms with Crippen molar-refractivity contribution in [1.82, 2.24) is 10.6 Å². The van der Waals surface area contributed by atoms with Crippen LogP contribution in [0.5, 0.6) is 0 Å². The number of piperidine rings is 1. The highest BCUT2D eigenvalue weighted by atomic mass is 16.5. The van der Waals surface area contributed by atoms with Crippen molar-refractivity contribution in [3.63, 3.8) is 0 Å². The average molecular weight is 210 g/mol. The van der Waals surface area contributed by atoms with E-state index in [1.807, 2.05) is 0 Å². The molecule has 3 nitrogen and oxygen atoms in total. The van der Waals surface area contributed by atoms with Crippen molar-refractivity contribution >= 4 is 0 Å². The number of hydrogen-bond donors (Lipinski definition) is 2. The van der Waals surface area contributed by atoms with Gasteiger partial charge in [-0.3, -0.25) is 5.32 Å². The topological polar surface area (TPSA) is 33.3 Å². The van der Waals surface area contributed by atoms with E-state index in [1.165, 1.54) is 32.4 Å². The van der Waals surface area contributed by atoms with Gasteiger partial charge in [-0.25, -0.2) is 0 Å². The lowest BCUT2D eigenvalue weighted by atomic mass is 9.89. The lowest BCUT2D eigenvalue weighted by Crippen LogP contribution is -2.36. The Bertz CT molecular complexity index is 222. The van der Waals surface area contributed by atoms with Gasteiger partial charge in [0, 0.05) is 20.1 Å². The van der Waals surface area contributed by atoms with Crippen LogP contribution in [0.25, 0.3) is 0 Å². The molecule has 1 saturated heterocycles. The van der Waals surface area contributed by atoms with Gasteiger partial charge in [0.2, 0.25) is 0 Å². The second-order valence-electron chi connectivity index (χ2n) is 4.60. The molecule has 0 aliphatic carbocycles. The molecule has 0 saturated carbocycles. The summed E-state index contributed by atoms with van der Waals surface area (Å²) in [5.41, 5.74) is 1.58. The smallest absolute Gasteiger partial charge is 0.111 e. The first-order chi connectivity index (χ1) is 7.38. The van der Waals surface area contributed by atoms with Gasteiger partial charge in [-0.15, -0.1) is 0 Å². The Morgan fingerprint density at radius 2 is 2.20 bits per heavy atom. The fraction of sp³-hybridized carbons (Fsp3) is 0.833. The molecule has 0 aromatic carbocycles. The molecule has 0 bridgehead atoms. The first kappa shape index (κ1) is 11.1. The molecule has 0 aromatic rings. The zero-order valence-electron chi connectivity index (χ0n) is 9.59. The lowest BCUT2D eigenvalue weighted by molar-refractivity contribution is 0.0743. The van der Waals surface area contributed by atoms with Crippen LogP contribution < -0.4 is 10.6 Å². The standard InChI is InChI=1S/C12H22N2O/c1-15-12-3-2-11(9-14-12)8-10-4-6-13-7-5-10/h2,10,12-14H,3-9H2,1H3. The number of hydrogen-bond acceptors (Lipinski definition) is 3. The van der Waals surface area contributed by atoms with Gasteiger partial charge in [0.05, 0.1) is 0 Å². The van der Waals surface area contributed by atoms with Gasteiger partial charge in [0.1, 0.15) is 6.23 Å². The Balaban J connectivity index is 1.77. The summed E-state index contributed by atoms with van der Waals surface area (Å²) in [7, 11) is 1.77. The van der Waals surface area contributed by atoms with Crippen LogP contribution in [0.15, 0.2) is 11.6 Å². The second-order valence-corrected chi connectivity index (χ2v) is 4.60. The van der Waals surface area contributed by atoms with Crippen LogP contribution in [-0.2, 0) is 4.74 Å². The van der Waals surface area contributed by atoms with Crippen LogP contribution in [-0.4, -0.2) is 33.0 Å². The number of ether oxygens (including phenoxy) is 1. The molecule has 1 unspecified atom stereocenters. The van der Waals surface area contributed by atoms with Gasteiger partial charge in [-0.1, -0.05) is 11.6 Å². The van der Waals surface area contributed by atoms with Crippen LogP contribution in [0.4, 0.5) is 0 Å². The minimum atomic E-state index is 0.238. The molecule has 2 heterocycles. The van der Waals surface area contributed by atoms with Crippen molar-refractivity contribution in [1.29, 1.82) is 0 Å². The third-order valence-corrected chi connectivity index (χ3v) is 3.47. The fourth-order valence-electron chi connectivity index (χ4n) is 2.47. The quantitative estimate of drug-likeness (QED) is 0.688. The summed E-state index contributed by atoms with van der Waals surface area (Å²) in [4.78, 5) is 0. The van der Waals surface area contributed by atoms with Gasteiger partial charge in [0.15, 0.2) is 0 Å². The number of methoxy groups -OCH3 is 1. The fourth-order valence-corrected chi connectivity index (χ4v) is 2.47. The van der Waals surface area contributed by atoms with Gasteiger partial charge in [-0.2, -0.15) is 0 Å². The maximum Gasteiger partial charge on any atom is 0.111 e. The maximum atomic E-state index is 5.26. The minimum Gasteiger partial charge on any atom is -0.366 e. The van der Waals surface area contributed by atoms with Crippen molar-refractivity contribution in [3.05, 3.63) is 11.6 Å². The molecule has 1 atom stereocenters. The molecule has 0 amide bonds. The first-order valence-electron chi connectivity index (χ1n) is 6.03. The third kappa shape index (κ3) is 3.30. The molecule has 86 valence electrons. The van der Waals surface area contributed by atoms with Gasteiger partial charge >= 0.3 is 0 Å². The van der Waals surface area contributed by atoms with E-state index in [1.54, 1.807) is 12.7 Å². The summed E-state index contributed by atoms with van der Waals surface area (Å²) in [6.45, 7) is 3.42. The Morgan fingerprint density at radius 1 is 1.40 bits per heavy atom. The van der Waals surface area contributed by atoms with E-state index in [0.717, 1.165) is 18.9 Å². The second kappa shape index (κ2) is 5.64. The highest BCUT2D eigenvalue weighted by molar-refractivity contribution is 5.09. The Labute approximate surface area is 92.3 Å². The molecule has 0 radical (unpaired) electrons. The monoisotopic (exact) mass is 210 g/mol. The van der Waals surface area contributed by atoms with Crippen LogP contribution in [0.1, 0.15) is 25.7 Å². The molecule has 2 N–H and O–H groups in total. The van der Waals surface area contributed by atoms with Gasteiger partial charge in [-0.05, 0) is 38.3 Å². The molecular formula is C12H22N2O. The molecule has 1 fully saturated rings. The van der Waals surface area contributed by atoms with E-state index in [-0.39, 0.29) is 6.23 Å². The van der Waals surface area contributed by atoms with Crippen molar-refractivity contribution < 1.29 is 4.74 Å². The molecular weight excluding hydrogens is 188 g/mol. The average Bonchev–Trinajstić information content (AvgIpc) is 2.31. The van der Waals surface area contributed by atoms with E-state index in [0.29, 0.717) is 0 Å². The lowest BCUT2D eigenvalue weighted by Gasteiger charge is -2.27. The van der Waals surface area contributed by atoms with Crippen LogP contribution >= 0.6 is 0 Å². The number of nitrogens with one attached hydrogen (secondary N) is 2. The summed E-state index contributed by atoms with van der Waals surface area (Å²) in [5.74, 6) is 0.901. The highest BCUT2D eigenvalue weighted by Crippen LogP contribution is 2.22. The Hall–Kier alpha value is -0.380. The largest absolute Gasteiger partial charge is 0.366 e. The first-order valence-corrected chi connectivity index (χ1v) is 6.03. The zero-order chi connectivity index (χ0) is 10.5. The third-order valence-electron chi connectivity index (χ3n) is 3.47. The summed E-state index contributed by atoms with van der Waals surface area (Å²) in [6, 6.07) is 0. The number of rotatable bonds is 3. The minimum absolute atomic E-state index is 0.238. The van der Waals surface area contributed by atoms with Crippen LogP contribution in [0, 0.1) is 5.92 Å². The van der Waals surface area contributed by atoms with Crippen LogP contribution in [0.2, 0.25) is 0 Å². The summed E-state index contributed by atoms with van der Waals surface area (Å²) >= 11 is 0. The predicted octanol–water partition coefficient (Wildman–Crippen LogP) is 1.27. The Morgan fingerprint density at radius 3 is 2.80 bits per heavy atom. The zero-order valence-corrected chi connectivity index (χ0v) is 9.59. The summed E-state index contributed by atoms with van der Waals surface area (Å²) in [6.07, 6.45) is 7.59. The van der Waals surface area contributed by atoms with Crippen molar-refractivity contribution in [2.45, 2.75) is 31.9 Å². The maximum absolute atomic E-state index is 5.26. The van der Waals surface area contributed by atoms with Gasteiger partial charge in [0.25, 0.3) is 0 Å². The summed E-state index contributed by atoms with van der Waals surface area (Å²) in [5, 5.41) is 6.82. The SMILES string of the molecule is COC1CC=C(CC2CCNCC2)CN1. The normalized spacial score (nSPS) is 28.9. The Kier molecular flexibility index (Phi) is 4.18. The predicted molar refractivity (Wildman–Crippen MR) is 61.7 cm³/mol. The molecule has 3 heteroatoms. The van der Waals surface area contributed by atoms with E-state index in [9.17, 15) is 0 Å². The molecule has 2 rings (SSSR count). The van der Waals surface area contributed by atoms with Crippen molar-refractivity contribution in [3.8, 4) is 0 Å². The van der Waals surface area contributed by atoms with E-state index in [4.69, 9.17) is 4.74 Å². The summed E-state index contributed by atoms with van der Waals surface area (Å²) < 4.78 is 5.26. The van der Waals surface area contributed by atoms with E-state index in [2.05, 4.69) is 16.7 Å².